The Bertz CT molecular complexity index is 1210. The molecule has 4 aromatic rings. The van der Waals surface area contributed by atoms with Crippen molar-refractivity contribution in [3.8, 4) is 11.5 Å². The van der Waals surface area contributed by atoms with Gasteiger partial charge in [0.15, 0.2) is 0 Å². The van der Waals surface area contributed by atoms with Gasteiger partial charge in [-0.05, 0) is 49.0 Å². The summed E-state index contributed by atoms with van der Waals surface area (Å²) in [5.41, 5.74) is 2.42. The van der Waals surface area contributed by atoms with Crippen LogP contribution in [0.3, 0.4) is 0 Å². The van der Waals surface area contributed by atoms with Gasteiger partial charge in [0.05, 0.1) is 20.8 Å². The molecule has 7 nitrogen and oxygen atoms in total. The number of ether oxygens (including phenoxy) is 2. The number of hydrogen-bond acceptors (Lipinski definition) is 5. The van der Waals surface area contributed by atoms with Crippen molar-refractivity contribution in [3.05, 3.63) is 96.2 Å². The molecule has 0 atom stereocenters. The number of hydrogen-bond donors (Lipinski definition) is 1. The van der Waals surface area contributed by atoms with E-state index in [0.717, 1.165) is 34.3 Å². The van der Waals surface area contributed by atoms with Gasteiger partial charge in [0.1, 0.15) is 23.5 Å². The van der Waals surface area contributed by atoms with Gasteiger partial charge in [-0.25, -0.2) is 0 Å². The molecular weight excluding hydrogens is 454 g/mol. The summed E-state index contributed by atoms with van der Waals surface area (Å²) in [6.07, 6.45) is 0.756. The van der Waals surface area contributed by atoms with Crippen LogP contribution in [0.5, 0.6) is 11.5 Å². The summed E-state index contributed by atoms with van der Waals surface area (Å²) in [6.45, 7) is 1.83. The van der Waals surface area contributed by atoms with Crippen molar-refractivity contribution in [3.63, 3.8) is 0 Å². The summed E-state index contributed by atoms with van der Waals surface area (Å²) >= 11 is 0. The standard InChI is InChI=1S/C23H27N3O4.C6H6/c1-25(16-17-5-4-6-19(13-17)29-2)9-10-26(11-12-27)23(28)22-15-18-14-20(30-3)7-8-21(18)24-22;1-2-4-6-5-3-1/h4-8,12-15,24H,9-11,16H2,1-3H3;1-6H. The Morgan fingerprint density at radius 2 is 1.53 bits per heavy atom. The first-order valence-corrected chi connectivity index (χ1v) is 11.7. The predicted octanol–water partition coefficient (Wildman–Crippen LogP) is 4.64. The zero-order chi connectivity index (χ0) is 25.8. The van der Waals surface area contributed by atoms with E-state index in [4.69, 9.17) is 9.47 Å². The maximum Gasteiger partial charge on any atom is 0.270 e. The van der Waals surface area contributed by atoms with Gasteiger partial charge in [-0.2, -0.15) is 0 Å². The molecule has 0 spiro atoms. The van der Waals surface area contributed by atoms with E-state index < -0.39 is 0 Å². The van der Waals surface area contributed by atoms with Crippen LogP contribution in [0.1, 0.15) is 16.1 Å². The fraction of sp³-hybridized carbons (Fsp3) is 0.241. The van der Waals surface area contributed by atoms with Gasteiger partial charge in [0, 0.05) is 30.5 Å². The van der Waals surface area contributed by atoms with E-state index in [1.165, 1.54) is 0 Å². The first-order chi connectivity index (χ1) is 17.5. The minimum absolute atomic E-state index is 0.0462. The molecule has 0 aliphatic carbocycles. The predicted molar refractivity (Wildman–Crippen MR) is 143 cm³/mol. The van der Waals surface area contributed by atoms with Crippen LogP contribution in [-0.2, 0) is 11.3 Å². The molecule has 0 aliphatic rings. The topological polar surface area (TPSA) is 74.9 Å². The highest BCUT2D eigenvalue weighted by molar-refractivity contribution is 5.99. The van der Waals surface area contributed by atoms with Crippen LogP contribution in [0, 0.1) is 0 Å². The number of methoxy groups -OCH3 is 2. The second-order valence-corrected chi connectivity index (χ2v) is 8.30. The van der Waals surface area contributed by atoms with Crippen molar-refractivity contribution in [1.82, 2.24) is 14.8 Å². The zero-order valence-electron chi connectivity index (χ0n) is 21.0. The smallest absolute Gasteiger partial charge is 0.270 e. The Kier molecular flexibility index (Phi) is 10.1. The number of carbonyl (C=O) groups is 2. The van der Waals surface area contributed by atoms with E-state index in [2.05, 4.69) is 9.88 Å². The number of fused-ring (bicyclic) bond motifs is 1. The highest BCUT2D eigenvalue weighted by Gasteiger charge is 2.18. The second-order valence-electron chi connectivity index (χ2n) is 8.30. The molecule has 188 valence electrons. The summed E-state index contributed by atoms with van der Waals surface area (Å²) in [6, 6.07) is 27.3. The lowest BCUT2D eigenvalue weighted by molar-refractivity contribution is -0.108. The summed E-state index contributed by atoms with van der Waals surface area (Å²) in [4.78, 5) is 30.9. The van der Waals surface area contributed by atoms with Gasteiger partial charge < -0.3 is 29.1 Å². The van der Waals surface area contributed by atoms with Crippen LogP contribution in [0.4, 0.5) is 0 Å². The lowest BCUT2D eigenvalue weighted by atomic mass is 10.2. The molecule has 4 rings (SSSR count). The minimum Gasteiger partial charge on any atom is -0.497 e. The van der Waals surface area contributed by atoms with Gasteiger partial charge >= 0.3 is 0 Å². The number of amides is 1. The third kappa shape index (κ3) is 7.71. The molecule has 36 heavy (non-hydrogen) atoms. The van der Waals surface area contributed by atoms with Crippen LogP contribution < -0.4 is 9.47 Å². The average Bonchev–Trinajstić information content (AvgIpc) is 3.35. The Hall–Kier alpha value is -4.10. The number of rotatable bonds is 10. The fourth-order valence-electron chi connectivity index (χ4n) is 3.73. The van der Waals surface area contributed by atoms with Gasteiger partial charge in [-0.3, -0.25) is 4.79 Å². The Morgan fingerprint density at radius 1 is 0.861 bits per heavy atom. The third-order valence-corrected chi connectivity index (χ3v) is 5.65. The molecule has 1 amide bonds. The normalized spacial score (nSPS) is 10.4. The molecule has 1 N–H and O–H groups in total. The van der Waals surface area contributed by atoms with Crippen molar-refractivity contribution in [2.45, 2.75) is 6.54 Å². The molecule has 0 bridgehead atoms. The Balaban J connectivity index is 0.000000526. The minimum atomic E-state index is -0.202. The number of benzene rings is 3. The highest BCUT2D eigenvalue weighted by Crippen LogP contribution is 2.22. The first kappa shape index (κ1) is 26.5. The maximum atomic E-state index is 13.0. The monoisotopic (exact) mass is 487 g/mol. The molecule has 1 aromatic heterocycles. The second kappa shape index (κ2) is 13.7. The van der Waals surface area contributed by atoms with Gasteiger partial charge in [0.25, 0.3) is 5.91 Å². The number of likely N-dealkylation sites (N-methyl/N-ethyl adjacent to an activating group) is 1. The quantitative estimate of drug-likeness (QED) is 0.330. The van der Waals surface area contributed by atoms with E-state index in [0.29, 0.717) is 25.3 Å². The van der Waals surface area contributed by atoms with Gasteiger partial charge in [-0.15, -0.1) is 0 Å². The molecule has 0 saturated carbocycles. The van der Waals surface area contributed by atoms with Gasteiger partial charge in [0.2, 0.25) is 0 Å². The van der Waals surface area contributed by atoms with E-state index in [9.17, 15) is 9.59 Å². The van der Waals surface area contributed by atoms with Crippen molar-refractivity contribution in [1.29, 1.82) is 0 Å². The number of aromatic nitrogens is 1. The van der Waals surface area contributed by atoms with Crippen LogP contribution in [-0.4, -0.2) is 67.9 Å². The number of aldehydes is 1. The number of carbonyl (C=O) groups excluding carboxylic acids is 2. The molecule has 0 aliphatic heterocycles. The molecule has 0 radical (unpaired) electrons. The van der Waals surface area contributed by atoms with E-state index in [-0.39, 0.29) is 12.5 Å². The van der Waals surface area contributed by atoms with Crippen LogP contribution in [0.15, 0.2) is 84.9 Å². The number of H-pyrrole nitrogens is 1. The molecule has 0 saturated heterocycles. The molecule has 0 fully saturated rings. The van der Waals surface area contributed by atoms with Crippen molar-refractivity contribution in [2.75, 3.05) is 40.9 Å². The lowest BCUT2D eigenvalue weighted by Gasteiger charge is -2.24. The summed E-state index contributed by atoms with van der Waals surface area (Å²) < 4.78 is 10.5. The lowest BCUT2D eigenvalue weighted by Crippen LogP contribution is -2.38. The largest absolute Gasteiger partial charge is 0.497 e. The molecule has 7 heteroatoms. The summed E-state index contributed by atoms with van der Waals surface area (Å²) in [5.74, 6) is 1.34. The SMILES string of the molecule is COc1cccc(CN(C)CCN(CC=O)C(=O)c2cc3cc(OC)ccc3[nH]2)c1.c1ccccc1. The molecule has 0 unspecified atom stereocenters. The molecule has 3 aromatic carbocycles. The molecular formula is C29H33N3O4. The summed E-state index contributed by atoms with van der Waals surface area (Å²) in [7, 11) is 5.23. The van der Waals surface area contributed by atoms with Crippen LogP contribution in [0.25, 0.3) is 10.9 Å². The first-order valence-electron chi connectivity index (χ1n) is 11.7. The van der Waals surface area contributed by atoms with E-state index in [1.54, 1.807) is 25.2 Å². The van der Waals surface area contributed by atoms with Crippen LogP contribution >= 0.6 is 0 Å². The van der Waals surface area contributed by atoms with E-state index in [1.807, 2.05) is 85.9 Å². The van der Waals surface area contributed by atoms with E-state index >= 15 is 0 Å². The highest BCUT2D eigenvalue weighted by atomic mass is 16.5. The number of nitrogens with one attached hydrogen (secondary N) is 1. The third-order valence-electron chi connectivity index (χ3n) is 5.65. The average molecular weight is 488 g/mol. The van der Waals surface area contributed by atoms with Crippen molar-refractivity contribution < 1.29 is 19.1 Å². The fourth-order valence-corrected chi connectivity index (χ4v) is 3.73. The van der Waals surface area contributed by atoms with Crippen molar-refractivity contribution in [2.24, 2.45) is 0 Å². The summed E-state index contributed by atoms with van der Waals surface area (Å²) in [5, 5.41) is 0.888. The Labute approximate surface area is 212 Å². The Morgan fingerprint density at radius 3 is 2.17 bits per heavy atom. The van der Waals surface area contributed by atoms with Crippen molar-refractivity contribution >= 4 is 23.1 Å². The van der Waals surface area contributed by atoms with Crippen LogP contribution in [0.2, 0.25) is 0 Å². The number of nitrogens with zero attached hydrogens (tertiary/aromatic N) is 2. The zero-order valence-corrected chi connectivity index (χ0v) is 21.0. The van der Waals surface area contributed by atoms with Gasteiger partial charge in [-0.1, -0.05) is 48.5 Å². The molecule has 1 heterocycles. The maximum absolute atomic E-state index is 13.0. The number of aromatic amines is 1.